The molecular weight excluding hydrogens is 373 g/mol. The minimum atomic E-state index is -0.631. The van der Waals surface area contributed by atoms with Crippen molar-refractivity contribution in [2.45, 2.75) is 13.2 Å². The molecule has 0 spiro atoms. The van der Waals surface area contributed by atoms with E-state index in [1.165, 1.54) is 18.2 Å². The summed E-state index contributed by atoms with van der Waals surface area (Å²) in [6.07, 6.45) is 3.45. The Balaban J connectivity index is 1.41. The molecular formula is C22H20FN3O3. The molecule has 0 radical (unpaired) electrons. The highest BCUT2D eigenvalue weighted by atomic mass is 19.1. The number of hydrogen-bond acceptors (Lipinski definition) is 4. The second-order valence-corrected chi connectivity index (χ2v) is 6.23. The van der Waals surface area contributed by atoms with Crippen molar-refractivity contribution in [1.29, 1.82) is 0 Å². The Morgan fingerprint density at radius 3 is 2.45 bits per heavy atom. The molecule has 2 aromatic carbocycles. The van der Waals surface area contributed by atoms with Crippen LogP contribution in [-0.4, -0.2) is 23.3 Å². The van der Waals surface area contributed by atoms with Crippen molar-refractivity contribution in [1.82, 2.24) is 15.6 Å². The predicted molar refractivity (Wildman–Crippen MR) is 106 cm³/mol. The zero-order chi connectivity index (χ0) is 20.5. The molecule has 1 aromatic heterocycles. The summed E-state index contributed by atoms with van der Waals surface area (Å²) in [7, 11) is 0. The quantitative estimate of drug-likeness (QED) is 0.617. The highest BCUT2D eigenvalue weighted by Crippen LogP contribution is 2.14. The highest BCUT2D eigenvalue weighted by molar-refractivity contribution is 5.96. The van der Waals surface area contributed by atoms with E-state index < -0.39 is 11.7 Å². The van der Waals surface area contributed by atoms with E-state index in [9.17, 15) is 14.0 Å². The lowest BCUT2D eigenvalue weighted by Gasteiger charge is -2.09. The van der Waals surface area contributed by atoms with Crippen molar-refractivity contribution in [3.63, 3.8) is 0 Å². The third kappa shape index (κ3) is 6.14. The summed E-state index contributed by atoms with van der Waals surface area (Å²) < 4.78 is 19.2. The standard InChI is InChI=1S/C22H20FN3O3/c23-20-6-2-1-5-19(20)22(28)26-14-21(27)25-13-16-7-9-18(10-8-16)29-15-17-4-3-11-24-12-17/h1-12H,13-15H2,(H,25,27)(H,26,28). The molecule has 1 heterocycles. The maximum Gasteiger partial charge on any atom is 0.254 e. The SMILES string of the molecule is O=C(CNC(=O)c1ccccc1F)NCc1ccc(OCc2cccnc2)cc1. The summed E-state index contributed by atoms with van der Waals surface area (Å²) in [6.45, 7) is 0.488. The first-order chi connectivity index (χ1) is 14.1. The Bertz CT molecular complexity index is 963. The Hall–Kier alpha value is -3.74. The van der Waals surface area contributed by atoms with Crippen molar-refractivity contribution < 1.29 is 18.7 Å². The van der Waals surface area contributed by atoms with E-state index in [1.54, 1.807) is 18.5 Å². The highest BCUT2D eigenvalue weighted by Gasteiger charge is 2.11. The Morgan fingerprint density at radius 2 is 1.72 bits per heavy atom. The van der Waals surface area contributed by atoms with Gasteiger partial charge in [-0.3, -0.25) is 14.6 Å². The van der Waals surface area contributed by atoms with Gasteiger partial charge in [0.25, 0.3) is 5.91 Å². The molecule has 0 atom stereocenters. The van der Waals surface area contributed by atoms with Gasteiger partial charge in [0.1, 0.15) is 18.2 Å². The van der Waals surface area contributed by atoms with E-state index in [0.29, 0.717) is 18.9 Å². The average Bonchev–Trinajstić information content (AvgIpc) is 2.76. The zero-order valence-corrected chi connectivity index (χ0v) is 15.6. The Kier molecular flexibility index (Phi) is 6.89. The summed E-state index contributed by atoms with van der Waals surface area (Å²) >= 11 is 0. The summed E-state index contributed by atoms with van der Waals surface area (Å²) in [5.41, 5.74) is 1.76. The molecule has 2 amide bonds. The molecule has 0 unspecified atom stereocenters. The lowest BCUT2D eigenvalue weighted by atomic mass is 10.2. The minimum absolute atomic E-state index is 0.0952. The fourth-order valence-electron chi connectivity index (χ4n) is 2.52. The van der Waals surface area contributed by atoms with Crippen molar-refractivity contribution in [3.8, 4) is 5.75 Å². The second kappa shape index (κ2) is 9.98. The number of amides is 2. The molecule has 3 aromatic rings. The van der Waals surface area contributed by atoms with Crippen molar-refractivity contribution in [3.05, 3.63) is 95.6 Å². The van der Waals surface area contributed by atoms with E-state index in [4.69, 9.17) is 4.74 Å². The largest absolute Gasteiger partial charge is 0.489 e. The van der Waals surface area contributed by atoms with E-state index in [0.717, 1.165) is 11.1 Å². The number of carbonyl (C=O) groups is 2. The normalized spacial score (nSPS) is 10.2. The fourth-order valence-corrected chi connectivity index (χ4v) is 2.52. The molecule has 3 rings (SSSR count). The van der Waals surface area contributed by atoms with Crippen LogP contribution in [-0.2, 0) is 17.9 Å². The van der Waals surface area contributed by atoms with Gasteiger partial charge in [0.2, 0.25) is 5.91 Å². The molecule has 29 heavy (non-hydrogen) atoms. The summed E-state index contributed by atoms with van der Waals surface area (Å²) in [5.74, 6) is -0.919. The average molecular weight is 393 g/mol. The number of halogens is 1. The van der Waals surface area contributed by atoms with Gasteiger partial charge in [-0.15, -0.1) is 0 Å². The zero-order valence-electron chi connectivity index (χ0n) is 15.6. The molecule has 0 bridgehead atoms. The van der Waals surface area contributed by atoms with Crippen LogP contribution in [0.2, 0.25) is 0 Å². The molecule has 0 saturated carbocycles. The van der Waals surface area contributed by atoms with Crippen LogP contribution < -0.4 is 15.4 Å². The first kappa shape index (κ1) is 20.0. The van der Waals surface area contributed by atoms with Gasteiger partial charge in [0.15, 0.2) is 0 Å². The van der Waals surface area contributed by atoms with Crippen molar-refractivity contribution >= 4 is 11.8 Å². The Labute approximate surface area is 167 Å². The number of hydrogen-bond donors (Lipinski definition) is 2. The van der Waals surface area contributed by atoms with Gasteiger partial charge in [-0.1, -0.05) is 30.3 Å². The smallest absolute Gasteiger partial charge is 0.254 e. The second-order valence-electron chi connectivity index (χ2n) is 6.23. The number of nitrogens with zero attached hydrogens (tertiary/aromatic N) is 1. The van der Waals surface area contributed by atoms with Gasteiger partial charge >= 0.3 is 0 Å². The fraction of sp³-hybridized carbons (Fsp3) is 0.136. The van der Waals surface area contributed by atoms with E-state index >= 15 is 0 Å². The number of ether oxygens (including phenoxy) is 1. The molecule has 7 heteroatoms. The van der Waals surface area contributed by atoms with Crippen molar-refractivity contribution in [2.75, 3.05) is 6.54 Å². The van der Waals surface area contributed by atoms with Gasteiger partial charge in [0.05, 0.1) is 12.1 Å². The van der Waals surface area contributed by atoms with Crippen LogP contribution in [0.25, 0.3) is 0 Å². The number of carbonyl (C=O) groups excluding carboxylic acids is 2. The topological polar surface area (TPSA) is 80.3 Å². The summed E-state index contributed by atoms with van der Waals surface area (Å²) in [4.78, 5) is 27.8. The lowest BCUT2D eigenvalue weighted by Crippen LogP contribution is -2.36. The third-order valence-corrected chi connectivity index (χ3v) is 4.07. The van der Waals surface area contributed by atoms with E-state index in [-0.39, 0.29) is 18.0 Å². The van der Waals surface area contributed by atoms with Gasteiger partial charge in [-0.05, 0) is 35.9 Å². The Morgan fingerprint density at radius 1 is 0.931 bits per heavy atom. The van der Waals surface area contributed by atoms with Crippen molar-refractivity contribution in [2.24, 2.45) is 0 Å². The van der Waals surface area contributed by atoms with Crippen LogP contribution in [0.5, 0.6) is 5.75 Å². The first-order valence-electron chi connectivity index (χ1n) is 9.02. The first-order valence-corrected chi connectivity index (χ1v) is 9.02. The maximum absolute atomic E-state index is 13.5. The number of rotatable bonds is 8. The van der Waals surface area contributed by atoms with Crippen LogP contribution in [0.4, 0.5) is 4.39 Å². The van der Waals surface area contributed by atoms with Crippen LogP contribution in [0, 0.1) is 5.82 Å². The van der Waals surface area contributed by atoms with Gasteiger partial charge < -0.3 is 15.4 Å². The molecule has 0 saturated heterocycles. The predicted octanol–water partition coefficient (Wildman–Crippen LogP) is 2.85. The van der Waals surface area contributed by atoms with Crippen LogP contribution >= 0.6 is 0 Å². The van der Waals surface area contributed by atoms with Gasteiger partial charge in [-0.2, -0.15) is 0 Å². The minimum Gasteiger partial charge on any atom is -0.489 e. The van der Waals surface area contributed by atoms with Crippen LogP contribution in [0.15, 0.2) is 73.1 Å². The maximum atomic E-state index is 13.5. The number of nitrogens with one attached hydrogen (secondary N) is 2. The number of aromatic nitrogens is 1. The van der Waals surface area contributed by atoms with E-state index in [2.05, 4.69) is 15.6 Å². The molecule has 0 aliphatic carbocycles. The lowest BCUT2D eigenvalue weighted by molar-refractivity contribution is -0.120. The monoisotopic (exact) mass is 393 g/mol. The number of benzene rings is 2. The van der Waals surface area contributed by atoms with Crippen LogP contribution in [0.1, 0.15) is 21.5 Å². The summed E-state index contributed by atoms with van der Waals surface area (Å²) in [5, 5.41) is 5.10. The molecule has 0 aliphatic rings. The molecule has 6 nitrogen and oxygen atoms in total. The summed E-state index contributed by atoms with van der Waals surface area (Å²) in [6, 6.07) is 16.7. The molecule has 2 N–H and O–H groups in total. The molecule has 0 fully saturated rings. The molecule has 0 aliphatic heterocycles. The van der Waals surface area contributed by atoms with Crippen LogP contribution in [0.3, 0.4) is 0 Å². The van der Waals surface area contributed by atoms with E-state index in [1.807, 2.05) is 36.4 Å². The van der Waals surface area contributed by atoms with Gasteiger partial charge in [-0.25, -0.2) is 4.39 Å². The number of pyridine rings is 1. The third-order valence-electron chi connectivity index (χ3n) is 4.07. The molecule has 148 valence electrons. The van der Waals surface area contributed by atoms with Gasteiger partial charge in [0, 0.05) is 24.5 Å².